The zero-order valence-electron chi connectivity index (χ0n) is 17.8. The number of fused-ring (bicyclic) bond motifs is 1. The fourth-order valence-corrected chi connectivity index (χ4v) is 8.42. The smallest absolute Gasteiger partial charge is 0.253 e. The van der Waals surface area contributed by atoms with Crippen molar-refractivity contribution in [1.29, 1.82) is 0 Å². The quantitative estimate of drug-likeness (QED) is 0.742. The number of amidine groups is 1. The molecule has 8 heteroatoms. The maximum Gasteiger partial charge on any atom is 0.253 e. The van der Waals surface area contributed by atoms with E-state index in [1.807, 2.05) is 35.2 Å². The van der Waals surface area contributed by atoms with Gasteiger partial charge in [-0.15, -0.1) is 0 Å². The number of hydrogen-bond acceptors (Lipinski definition) is 6. The zero-order valence-corrected chi connectivity index (χ0v) is 19.4. The molecule has 2 atom stereocenters. The molecule has 0 bridgehead atoms. The number of amides is 1. The van der Waals surface area contributed by atoms with Gasteiger partial charge in [0.15, 0.2) is 15.0 Å². The molecule has 6 nitrogen and oxygen atoms in total. The molecule has 2 aromatic rings. The van der Waals surface area contributed by atoms with Gasteiger partial charge in [0, 0.05) is 29.6 Å². The van der Waals surface area contributed by atoms with E-state index in [0.717, 1.165) is 43.2 Å². The second-order valence-electron chi connectivity index (χ2n) is 8.87. The molecule has 0 saturated carbocycles. The molecule has 168 valence electrons. The van der Waals surface area contributed by atoms with Gasteiger partial charge in [0.1, 0.15) is 0 Å². The fourth-order valence-electron chi connectivity index (χ4n) is 4.74. The highest BCUT2D eigenvalue weighted by atomic mass is 32.2. The Bertz CT molecular complexity index is 1130. The highest BCUT2D eigenvalue weighted by Gasteiger charge is 2.42. The molecule has 0 aromatic heterocycles. The molecular weight excluding hydrogens is 442 g/mol. The lowest BCUT2D eigenvalue weighted by Crippen LogP contribution is -2.38. The van der Waals surface area contributed by atoms with E-state index in [1.54, 1.807) is 0 Å². The summed E-state index contributed by atoms with van der Waals surface area (Å²) in [6.45, 7) is 1.57. The Morgan fingerprint density at radius 3 is 2.59 bits per heavy atom. The highest BCUT2D eigenvalue weighted by molar-refractivity contribution is 8.15. The molecule has 3 aliphatic rings. The summed E-state index contributed by atoms with van der Waals surface area (Å²) in [6.07, 6.45) is 3.13. The molecule has 2 saturated heterocycles. The van der Waals surface area contributed by atoms with Gasteiger partial charge in [-0.05, 0) is 48.9 Å². The van der Waals surface area contributed by atoms with Gasteiger partial charge in [0.2, 0.25) is 0 Å². The lowest BCUT2D eigenvalue weighted by Gasteiger charge is -2.32. The van der Waals surface area contributed by atoms with Crippen LogP contribution in [0.5, 0.6) is 0 Å². The number of nitrogens with one attached hydrogen (secondary N) is 1. The van der Waals surface area contributed by atoms with Crippen LogP contribution in [0.15, 0.2) is 59.6 Å². The SMILES string of the molecule is O=C(c1cccc(NC2=NC3CS(=O)(=O)CC3S2)c1)N1CCC(Cc2ccccc2)CC1. The third kappa shape index (κ3) is 4.86. The first kappa shape index (κ1) is 21.5. The number of nitrogens with zero attached hydrogens (tertiary/aromatic N) is 2. The maximum absolute atomic E-state index is 13.1. The monoisotopic (exact) mass is 469 g/mol. The van der Waals surface area contributed by atoms with Crippen molar-refractivity contribution < 1.29 is 13.2 Å². The molecule has 0 radical (unpaired) electrons. The third-order valence-corrected chi connectivity index (χ3v) is 9.59. The fraction of sp³-hybridized carbons (Fsp3) is 0.417. The number of carbonyl (C=O) groups excluding carboxylic acids is 1. The summed E-state index contributed by atoms with van der Waals surface area (Å²) < 4.78 is 23.5. The van der Waals surface area contributed by atoms with E-state index < -0.39 is 9.84 Å². The summed E-state index contributed by atoms with van der Waals surface area (Å²) in [5.74, 6) is 1.01. The standard InChI is InChI=1S/C24H27N3O3S2/c28-23(27-11-9-18(10-12-27)13-17-5-2-1-3-6-17)19-7-4-8-20(14-19)25-24-26-21-15-32(29,30)16-22(21)31-24/h1-8,14,18,21-22H,9-13,15-16H2,(H,25,26). The van der Waals surface area contributed by atoms with E-state index in [2.05, 4.69) is 34.6 Å². The number of hydrogen-bond donors (Lipinski definition) is 1. The second-order valence-corrected chi connectivity index (χ2v) is 12.2. The Labute approximate surface area is 193 Å². The lowest BCUT2D eigenvalue weighted by molar-refractivity contribution is 0.0690. The Kier molecular flexibility index (Phi) is 5.99. The largest absolute Gasteiger partial charge is 0.339 e. The van der Waals surface area contributed by atoms with Crippen molar-refractivity contribution in [3.05, 3.63) is 65.7 Å². The van der Waals surface area contributed by atoms with E-state index >= 15 is 0 Å². The minimum Gasteiger partial charge on any atom is -0.339 e. The van der Waals surface area contributed by atoms with Crippen LogP contribution in [-0.2, 0) is 16.3 Å². The molecule has 32 heavy (non-hydrogen) atoms. The molecular formula is C24H27N3O3S2. The molecule has 3 aliphatic heterocycles. The summed E-state index contributed by atoms with van der Waals surface area (Å²) in [4.78, 5) is 19.6. The molecule has 2 fully saturated rings. The second kappa shape index (κ2) is 8.90. The van der Waals surface area contributed by atoms with Crippen LogP contribution in [0.4, 0.5) is 5.69 Å². The number of likely N-dealkylation sites (tertiary alicyclic amines) is 1. The van der Waals surface area contributed by atoms with Crippen LogP contribution in [-0.4, -0.2) is 60.3 Å². The molecule has 3 heterocycles. The number of carbonyl (C=O) groups is 1. The summed E-state index contributed by atoms with van der Waals surface area (Å²) in [5, 5.41) is 4.02. The number of aliphatic imine (C=N–C) groups is 1. The van der Waals surface area contributed by atoms with Crippen molar-refractivity contribution in [3.8, 4) is 0 Å². The summed E-state index contributed by atoms with van der Waals surface area (Å²) in [5.41, 5.74) is 2.84. The first-order valence-corrected chi connectivity index (χ1v) is 13.8. The Morgan fingerprint density at radius 2 is 1.84 bits per heavy atom. The van der Waals surface area contributed by atoms with Crippen molar-refractivity contribution in [1.82, 2.24) is 4.90 Å². The van der Waals surface area contributed by atoms with Crippen LogP contribution in [0.25, 0.3) is 0 Å². The highest BCUT2D eigenvalue weighted by Crippen LogP contribution is 2.34. The van der Waals surface area contributed by atoms with Crippen LogP contribution >= 0.6 is 11.8 Å². The number of benzene rings is 2. The molecule has 2 unspecified atom stereocenters. The van der Waals surface area contributed by atoms with Crippen LogP contribution in [0.3, 0.4) is 0 Å². The van der Waals surface area contributed by atoms with Crippen molar-refractivity contribution in [2.24, 2.45) is 10.9 Å². The molecule has 0 aliphatic carbocycles. The Balaban J connectivity index is 1.17. The average molecular weight is 470 g/mol. The van der Waals surface area contributed by atoms with E-state index in [1.165, 1.54) is 17.3 Å². The predicted molar refractivity (Wildman–Crippen MR) is 130 cm³/mol. The van der Waals surface area contributed by atoms with Crippen molar-refractivity contribution in [2.75, 3.05) is 29.9 Å². The van der Waals surface area contributed by atoms with Gasteiger partial charge >= 0.3 is 0 Å². The van der Waals surface area contributed by atoms with Gasteiger partial charge in [-0.3, -0.25) is 9.79 Å². The van der Waals surface area contributed by atoms with Crippen LogP contribution in [0.1, 0.15) is 28.8 Å². The minimum absolute atomic E-state index is 0.00416. The average Bonchev–Trinajstić information content (AvgIpc) is 3.27. The number of rotatable bonds is 4. The van der Waals surface area contributed by atoms with Gasteiger partial charge in [0.05, 0.1) is 17.5 Å². The van der Waals surface area contributed by atoms with Gasteiger partial charge in [-0.2, -0.15) is 0 Å². The summed E-state index contributed by atoms with van der Waals surface area (Å²) in [6, 6.07) is 17.9. The first-order chi connectivity index (χ1) is 15.4. The normalized spacial score (nSPS) is 24.8. The van der Waals surface area contributed by atoms with Crippen molar-refractivity contribution in [3.63, 3.8) is 0 Å². The Morgan fingerprint density at radius 1 is 1.06 bits per heavy atom. The van der Waals surface area contributed by atoms with E-state index in [-0.39, 0.29) is 28.7 Å². The van der Waals surface area contributed by atoms with Crippen molar-refractivity contribution >= 4 is 38.4 Å². The number of sulfone groups is 1. The molecule has 2 aromatic carbocycles. The van der Waals surface area contributed by atoms with Gasteiger partial charge < -0.3 is 10.2 Å². The summed E-state index contributed by atoms with van der Waals surface area (Å²) >= 11 is 1.49. The number of thioether (sulfide) groups is 1. The molecule has 0 spiro atoms. The number of piperidine rings is 1. The van der Waals surface area contributed by atoms with Crippen LogP contribution in [0.2, 0.25) is 0 Å². The molecule has 1 amide bonds. The van der Waals surface area contributed by atoms with E-state index in [4.69, 9.17) is 0 Å². The lowest BCUT2D eigenvalue weighted by atomic mass is 9.90. The van der Waals surface area contributed by atoms with Gasteiger partial charge in [0.25, 0.3) is 5.91 Å². The topological polar surface area (TPSA) is 78.8 Å². The van der Waals surface area contributed by atoms with Crippen molar-refractivity contribution in [2.45, 2.75) is 30.6 Å². The van der Waals surface area contributed by atoms with Gasteiger partial charge in [-0.25, -0.2) is 8.42 Å². The Hall–Kier alpha value is -2.32. The first-order valence-electron chi connectivity index (χ1n) is 11.1. The third-order valence-electron chi connectivity index (χ3n) is 6.45. The summed E-state index contributed by atoms with van der Waals surface area (Å²) in [7, 11) is -2.96. The van der Waals surface area contributed by atoms with Crippen LogP contribution < -0.4 is 5.32 Å². The minimum atomic E-state index is -2.96. The predicted octanol–water partition coefficient (Wildman–Crippen LogP) is 3.46. The van der Waals surface area contributed by atoms with Crippen LogP contribution in [0, 0.1) is 5.92 Å². The molecule has 5 rings (SSSR count). The zero-order chi connectivity index (χ0) is 22.1. The maximum atomic E-state index is 13.1. The van der Waals surface area contributed by atoms with Gasteiger partial charge in [-0.1, -0.05) is 48.2 Å². The molecule has 1 N–H and O–H groups in total. The number of anilines is 1. The van der Waals surface area contributed by atoms with E-state index in [9.17, 15) is 13.2 Å². The van der Waals surface area contributed by atoms with E-state index in [0.29, 0.717) is 11.5 Å².